The summed E-state index contributed by atoms with van der Waals surface area (Å²) >= 11 is 2.24. The Morgan fingerprint density at radius 3 is 2.60 bits per heavy atom. The minimum absolute atomic E-state index is 0.301. The molecule has 3 rings (SSSR count). The molecular formula is C13H7FN2O2S2. The van der Waals surface area contributed by atoms with Crippen LogP contribution in [0.25, 0.3) is 16.6 Å². The van der Waals surface area contributed by atoms with Crippen LogP contribution in [0.2, 0.25) is 0 Å². The number of nitrogens with zero attached hydrogens (tertiary/aromatic N) is 1. The molecule has 2 heterocycles. The maximum atomic E-state index is 12.9. The van der Waals surface area contributed by atoms with Crippen LogP contribution >= 0.6 is 23.1 Å². The molecule has 100 valence electrons. The van der Waals surface area contributed by atoms with Gasteiger partial charge in [0.25, 0.3) is 11.1 Å². The summed E-state index contributed by atoms with van der Waals surface area (Å²) < 4.78 is 12.9. The van der Waals surface area contributed by atoms with Crippen LogP contribution in [-0.2, 0) is 4.79 Å². The molecule has 1 aromatic heterocycles. The summed E-state index contributed by atoms with van der Waals surface area (Å²) in [5, 5.41) is 4.31. The van der Waals surface area contributed by atoms with Crippen LogP contribution in [0.1, 0.15) is 5.69 Å². The fraction of sp³-hybridized carbons (Fsp3) is 0. The first-order valence-electron chi connectivity index (χ1n) is 5.58. The fourth-order valence-electron chi connectivity index (χ4n) is 1.63. The van der Waals surface area contributed by atoms with Crippen molar-refractivity contribution in [1.82, 2.24) is 10.3 Å². The van der Waals surface area contributed by atoms with E-state index in [0.717, 1.165) is 22.3 Å². The van der Waals surface area contributed by atoms with Crippen molar-refractivity contribution in [2.75, 3.05) is 0 Å². The van der Waals surface area contributed by atoms with Crippen molar-refractivity contribution in [3.63, 3.8) is 0 Å². The number of imide groups is 1. The Hall–Kier alpha value is -1.99. The third kappa shape index (κ3) is 2.63. The summed E-state index contributed by atoms with van der Waals surface area (Å²) in [4.78, 5) is 27.1. The summed E-state index contributed by atoms with van der Waals surface area (Å²) in [7, 11) is 0. The minimum Gasteiger partial charge on any atom is -0.282 e. The maximum Gasteiger partial charge on any atom is 0.290 e. The number of aromatic nitrogens is 1. The Bertz CT molecular complexity index is 722. The van der Waals surface area contributed by atoms with Gasteiger partial charge < -0.3 is 0 Å². The summed E-state index contributed by atoms with van der Waals surface area (Å²) in [5.74, 6) is -0.707. The van der Waals surface area contributed by atoms with E-state index in [1.54, 1.807) is 23.6 Å². The average Bonchev–Trinajstić information content (AvgIpc) is 2.98. The highest BCUT2D eigenvalue weighted by Gasteiger charge is 2.25. The van der Waals surface area contributed by atoms with Gasteiger partial charge in [-0.05, 0) is 42.1 Å². The lowest BCUT2D eigenvalue weighted by atomic mass is 10.2. The second-order valence-electron chi connectivity index (χ2n) is 3.94. The number of halogens is 1. The van der Waals surface area contributed by atoms with Crippen molar-refractivity contribution >= 4 is 40.3 Å². The van der Waals surface area contributed by atoms with Gasteiger partial charge in [0, 0.05) is 10.9 Å². The van der Waals surface area contributed by atoms with Gasteiger partial charge in [0.05, 0.1) is 10.6 Å². The van der Waals surface area contributed by atoms with Crippen LogP contribution < -0.4 is 5.32 Å². The first kappa shape index (κ1) is 13.0. The minimum atomic E-state index is -0.406. The van der Waals surface area contributed by atoms with Gasteiger partial charge in [0.1, 0.15) is 10.8 Å². The summed E-state index contributed by atoms with van der Waals surface area (Å²) in [5.41, 5.74) is 1.40. The van der Waals surface area contributed by atoms with Gasteiger partial charge in [-0.1, -0.05) is 0 Å². The van der Waals surface area contributed by atoms with Crippen LogP contribution in [-0.4, -0.2) is 16.1 Å². The number of amides is 2. The number of hydrogen-bond acceptors (Lipinski definition) is 5. The average molecular weight is 306 g/mol. The monoisotopic (exact) mass is 306 g/mol. The Morgan fingerprint density at radius 2 is 1.95 bits per heavy atom. The molecule has 0 bridgehead atoms. The molecule has 0 saturated carbocycles. The first-order valence-corrected chi connectivity index (χ1v) is 7.28. The molecule has 0 unspecified atom stereocenters. The molecule has 1 N–H and O–H groups in total. The summed E-state index contributed by atoms with van der Waals surface area (Å²) in [6.45, 7) is 0. The number of benzene rings is 1. The number of hydrogen-bond donors (Lipinski definition) is 1. The molecule has 20 heavy (non-hydrogen) atoms. The summed E-state index contributed by atoms with van der Waals surface area (Å²) in [6.07, 6.45) is 1.56. The molecule has 1 aliphatic rings. The van der Waals surface area contributed by atoms with E-state index in [0.29, 0.717) is 10.6 Å². The van der Waals surface area contributed by atoms with Crippen molar-refractivity contribution in [2.45, 2.75) is 0 Å². The molecule has 2 aromatic rings. The van der Waals surface area contributed by atoms with Crippen molar-refractivity contribution < 1.29 is 14.0 Å². The summed E-state index contributed by atoms with van der Waals surface area (Å²) in [6, 6.07) is 6.03. The van der Waals surface area contributed by atoms with Gasteiger partial charge in [0.15, 0.2) is 0 Å². The van der Waals surface area contributed by atoms with Crippen molar-refractivity contribution in [3.8, 4) is 10.6 Å². The van der Waals surface area contributed by atoms with E-state index in [1.165, 1.54) is 23.5 Å². The van der Waals surface area contributed by atoms with Crippen LogP contribution in [0.15, 0.2) is 34.6 Å². The van der Waals surface area contributed by atoms with E-state index in [2.05, 4.69) is 10.3 Å². The molecule has 1 aromatic carbocycles. The fourth-order valence-corrected chi connectivity index (χ4v) is 3.08. The van der Waals surface area contributed by atoms with Crippen LogP contribution in [0.3, 0.4) is 0 Å². The normalized spacial score (nSPS) is 16.8. The molecule has 4 nitrogen and oxygen atoms in total. The molecular weight excluding hydrogens is 299 g/mol. The third-order valence-corrected chi connectivity index (χ3v) is 4.25. The van der Waals surface area contributed by atoms with E-state index in [9.17, 15) is 14.0 Å². The standard InChI is InChI=1S/C13H7FN2O2S2/c14-8-3-1-7(2-4-8)12-15-9(6-19-12)5-10-11(17)16-13(18)20-10/h1-6H,(H,16,17,18). The Morgan fingerprint density at radius 1 is 1.20 bits per heavy atom. The van der Waals surface area contributed by atoms with Crippen molar-refractivity contribution in [1.29, 1.82) is 0 Å². The van der Waals surface area contributed by atoms with Crippen LogP contribution in [0.4, 0.5) is 9.18 Å². The van der Waals surface area contributed by atoms with Gasteiger partial charge in [-0.2, -0.15) is 0 Å². The SMILES string of the molecule is O=C1NC(=O)C(=Cc2csc(-c3ccc(F)cc3)n2)S1. The lowest BCUT2D eigenvalue weighted by Crippen LogP contribution is -2.17. The predicted molar refractivity (Wildman–Crippen MR) is 76.6 cm³/mol. The second kappa shape index (κ2) is 5.18. The van der Waals surface area contributed by atoms with E-state index in [4.69, 9.17) is 0 Å². The number of carbonyl (C=O) groups excluding carboxylic acids is 2. The highest BCUT2D eigenvalue weighted by atomic mass is 32.2. The second-order valence-corrected chi connectivity index (χ2v) is 5.81. The smallest absolute Gasteiger partial charge is 0.282 e. The quantitative estimate of drug-likeness (QED) is 0.865. The number of thiazole rings is 1. The zero-order chi connectivity index (χ0) is 14.1. The van der Waals surface area contributed by atoms with Gasteiger partial charge >= 0.3 is 0 Å². The first-order chi connectivity index (χ1) is 9.61. The number of rotatable bonds is 2. The lowest BCUT2D eigenvalue weighted by molar-refractivity contribution is -0.115. The lowest BCUT2D eigenvalue weighted by Gasteiger charge is -1.94. The van der Waals surface area contributed by atoms with Crippen LogP contribution in [0.5, 0.6) is 0 Å². The van der Waals surface area contributed by atoms with Gasteiger partial charge in [-0.3, -0.25) is 14.9 Å². The zero-order valence-corrected chi connectivity index (χ0v) is 11.6. The largest absolute Gasteiger partial charge is 0.290 e. The van der Waals surface area contributed by atoms with Gasteiger partial charge in [0.2, 0.25) is 0 Å². The molecule has 0 atom stereocenters. The highest BCUT2D eigenvalue weighted by Crippen LogP contribution is 2.28. The maximum absolute atomic E-state index is 12.9. The number of nitrogens with one attached hydrogen (secondary N) is 1. The molecule has 1 aliphatic heterocycles. The zero-order valence-electron chi connectivity index (χ0n) is 9.92. The third-order valence-electron chi connectivity index (χ3n) is 2.53. The highest BCUT2D eigenvalue weighted by molar-refractivity contribution is 8.18. The molecule has 0 radical (unpaired) electrons. The van der Waals surface area contributed by atoms with Gasteiger partial charge in [-0.25, -0.2) is 9.37 Å². The molecule has 2 amide bonds. The molecule has 7 heteroatoms. The van der Waals surface area contributed by atoms with E-state index in [1.807, 2.05) is 0 Å². The van der Waals surface area contributed by atoms with Crippen molar-refractivity contribution in [2.24, 2.45) is 0 Å². The molecule has 0 aliphatic carbocycles. The Kier molecular flexibility index (Phi) is 3.37. The Balaban J connectivity index is 1.87. The van der Waals surface area contributed by atoms with Crippen LogP contribution in [0, 0.1) is 5.82 Å². The number of carbonyl (C=O) groups is 2. The predicted octanol–water partition coefficient (Wildman–Crippen LogP) is 3.27. The van der Waals surface area contributed by atoms with E-state index >= 15 is 0 Å². The Labute approximate surface area is 121 Å². The molecule has 1 saturated heterocycles. The molecule has 0 spiro atoms. The van der Waals surface area contributed by atoms with E-state index < -0.39 is 5.91 Å². The van der Waals surface area contributed by atoms with Gasteiger partial charge in [-0.15, -0.1) is 11.3 Å². The van der Waals surface area contributed by atoms with E-state index in [-0.39, 0.29) is 11.1 Å². The molecule has 1 fully saturated rings. The van der Waals surface area contributed by atoms with Crippen molar-refractivity contribution in [3.05, 3.63) is 46.1 Å². The topological polar surface area (TPSA) is 59.1 Å². The number of thioether (sulfide) groups is 1.